The molecule has 1 amide bonds. The highest BCUT2D eigenvalue weighted by molar-refractivity contribution is 5.91. The predicted molar refractivity (Wildman–Crippen MR) is 145 cm³/mol. The summed E-state index contributed by atoms with van der Waals surface area (Å²) in [6, 6.07) is 15.1. The summed E-state index contributed by atoms with van der Waals surface area (Å²) in [6.07, 6.45) is 5.71. The number of rotatable bonds is 11. The van der Waals surface area contributed by atoms with Crippen molar-refractivity contribution in [1.29, 1.82) is 0 Å². The molecule has 0 radical (unpaired) electrons. The van der Waals surface area contributed by atoms with E-state index in [1.807, 2.05) is 55.5 Å². The Hall–Kier alpha value is -4.14. The Kier molecular flexibility index (Phi) is 9.13. The summed E-state index contributed by atoms with van der Waals surface area (Å²) >= 11 is 0. The van der Waals surface area contributed by atoms with Gasteiger partial charge in [-0.15, -0.1) is 0 Å². The molecule has 9 heteroatoms. The minimum atomic E-state index is -0.823. The molecular weight excluding hydrogens is 484 g/mol. The van der Waals surface area contributed by atoms with Gasteiger partial charge in [-0.05, 0) is 49.4 Å². The molecule has 0 unspecified atom stereocenters. The molecule has 2 N–H and O–H groups in total. The molecule has 1 fully saturated rings. The van der Waals surface area contributed by atoms with E-state index in [1.165, 1.54) is 6.20 Å². The molecule has 1 aliphatic rings. The van der Waals surface area contributed by atoms with Crippen molar-refractivity contribution in [3.05, 3.63) is 72.1 Å². The quantitative estimate of drug-likeness (QED) is 0.385. The second kappa shape index (κ2) is 12.9. The molecule has 1 saturated heterocycles. The normalized spacial score (nSPS) is 15.9. The molecule has 0 saturated carbocycles. The lowest BCUT2D eigenvalue weighted by Crippen LogP contribution is -2.41. The number of carboxylic acid groups (broad SMARTS) is 1. The molecule has 3 aromatic rings. The van der Waals surface area contributed by atoms with Gasteiger partial charge in [0.05, 0.1) is 37.9 Å². The lowest BCUT2D eigenvalue weighted by Gasteiger charge is -2.33. The summed E-state index contributed by atoms with van der Waals surface area (Å²) in [6.45, 7) is 5.68. The fourth-order valence-electron chi connectivity index (χ4n) is 4.42. The number of aromatic nitrogens is 2. The van der Waals surface area contributed by atoms with Gasteiger partial charge in [-0.2, -0.15) is 0 Å². The standard InChI is InChI=1S/C29H34N4O5/c1-3-37-24-8-4-5-9-25(24)38-23-7-6-14-33(19-23)27-18-30-17-26(31-27)32-28(34)16-22-12-10-21(11-13-22)15-20(2)29(35)36/h4-5,8-13,17-18,20,23H,3,6-7,14-16,19H2,1-2H3,(H,35,36)(H,31,32,34)/t20-,23-/m1/s1. The number of amides is 1. The monoisotopic (exact) mass is 518 g/mol. The summed E-state index contributed by atoms with van der Waals surface area (Å²) in [4.78, 5) is 34.8. The fourth-order valence-corrected chi connectivity index (χ4v) is 4.42. The van der Waals surface area contributed by atoms with Gasteiger partial charge in [-0.3, -0.25) is 14.6 Å². The smallest absolute Gasteiger partial charge is 0.306 e. The second-order valence-electron chi connectivity index (χ2n) is 9.46. The Morgan fingerprint density at radius 3 is 2.58 bits per heavy atom. The van der Waals surface area contributed by atoms with Gasteiger partial charge in [0.1, 0.15) is 11.9 Å². The van der Waals surface area contributed by atoms with Crippen molar-refractivity contribution in [3.63, 3.8) is 0 Å². The highest BCUT2D eigenvalue weighted by Crippen LogP contribution is 2.30. The number of ether oxygens (including phenoxy) is 2. The van der Waals surface area contributed by atoms with Crippen LogP contribution in [0.5, 0.6) is 11.5 Å². The topological polar surface area (TPSA) is 114 Å². The number of nitrogens with one attached hydrogen (secondary N) is 1. The van der Waals surface area contributed by atoms with Crippen LogP contribution < -0.4 is 19.7 Å². The zero-order valence-corrected chi connectivity index (χ0v) is 21.8. The summed E-state index contributed by atoms with van der Waals surface area (Å²) in [5.74, 6) is 1.07. The van der Waals surface area contributed by atoms with Gasteiger partial charge < -0.3 is 24.8 Å². The molecule has 0 spiro atoms. The first-order chi connectivity index (χ1) is 18.4. The zero-order valence-electron chi connectivity index (χ0n) is 21.8. The number of anilines is 2. The molecular formula is C29H34N4O5. The van der Waals surface area contributed by atoms with Gasteiger partial charge in [0.2, 0.25) is 5.91 Å². The molecule has 1 aliphatic heterocycles. The van der Waals surface area contributed by atoms with Crippen LogP contribution in [0.15, 0.2) is 60.9 Å². The van der Waals surface area contributed by atoms with Crippen molar-refractivity contribution >= 4 is 23.5 Å². The van der Waals surface area contributed by atoms with Crippen molar-refractivity contribution < 1.29 is 24.2 Å². The summed E-state index contributed by atoms with van der Waals surface area (Å²) < 4.78 is 12.0. The minimum absolute atomic E-state index is 0.0214. The molecule has 200 valence electrons. The van der Waals surface area contributed by atoms with Crippen LogP contribution in [0.1, 0.15) is 37.8 Å². The van der Waals surface area contributed by atoms with E-state index in [9.17, 15) is 9.59 Å². The number of nitrogens with zero attached hydrogens (tertiary/aromatic N) is 3. The predicted octanol–water partition coefficient (Wildman–Crippen LogP) is 4.37. The summed E-state index contributed by atoms with van der Waals surface area (Å²) in [5.41, 5.74) is 1.76. The van der Waals surface area contributed by atoms with Gasteiger partial charge in [0.15, 0.2) is 17.3 Å². The first kappa shape index (κ1) is 26.9. The Morgan fingerprint density at radius 1 is 1.11 bits per heavy atom. The van der Waals surface area contributed by atoms with Crippen molar-refractivity contribution in [1.82, 2.24) is 9.97 Å². The van der Waals surface area contributed by atoms with Gasteiger partial charge in [-0.25, -0.2) is 4.98 Å². The number of hydrogen-bond acceptors (Lipinski definition) is 7. The molecule has 38 heavy (non-hydrogen) atoms. The molecule has 2 atom stereocenters. The summed E-state index contributed by atoms with van der Waals surface area (Å²) in [7, 11) is 0. The number of carboxylic acids is 1. The zero-order chi connectivity index (χ0) is 26.9. The van der Waals surface area contributed by atoms with E-state index in [-0.39, 0.29) is 18.4 Å². The van der Waals surface area contributed by atoms with E-state index in [1.54, 1.807) is 13.1 Å². The van der Waals surface area contributed by atoms with E-state index in [0.717, 1.165) is 42.0 Å². The van der Waals surface area contributed by atoms with Crippen LogP contribution in [0.4, 0.5) is 11.6 Å². The van der Waals surface area contributed by atoms with Crippen LogP contribution in [-0.4, -0.2) is 52.8 Å². The van der Waals surface area contributed by atoms with Crippen LogP contribution in [0, 0.1) is 5.92 Å². The molecule has 2 aromatic carbocycles. The number of benzene rings is 2. The van der Waals surface area contributed by atoms with Crippen LogP contribution in [0.25, 0.3) is 0 Å². The van der Waals surface area contributed by atoms with Gasteiger partial charge >= 0.3 is 5.97 Å². The van der Waals surface area contributed by atoms with E-state index < -0.39 is 11.9 Å². The average molecular weight is 519 g/mol. The minimum Gasteiger partial charge on any atom is -0.490 e. The maximum Gasteiger partial charge on any atom is 0.306 e. The van der Waals surface area contributed by atoms with Crippen molar-refractivity contribution in [2.45, 2.75) is 45.6 Å². The number of carbonyl (C=O) groups excluding carboxylic acids is 1. The number of piperidine rings is 1. The van der Waals surface area contributed by atoms with Crippen LogP contribution >= 0.6 is 0 Å². The average Bonchev–Trinajstić information content (AvgIpc) is 2.91. The third-order valence-corrected chi connectivity index (χ3v) is 6.39. The lowest BCUT2D eigenvalue weighted by molar-refractivity contribution is -0.141. The van der Waals surface area contributed by atoms with Gasteiger partial charge in [0, 0.05) is 6.54 Å². The van der Waals surface area contributed by atoms with E-state index >= 15 is 0 Å². The van der Waals surface area contributed by atoms with Gasteiger partial charge in [-0.1, -0.05) is 43.3 Å². The SMILES string of the molecule is CCOc1ccccc1O[C@@H]1CCCN(c2cncc(NC(=O)Cc3ccc(C[C@@H](C)C(=O)O)cc3)n2)C1. The highest BCUT2D eigenvalue weighted by atomic mass is 16.5. The number of aliphatic carboxylic acids is 1. The summed E-state index contributed by atoms with van der Waals surface area (Å²) in [5, 5.41) is 11.9. The van der Waals surface area contributed by atoms with E-state index in [2.05, 4.69) is 20.2 Å². The third-order valence-electron chi connectivity index (χ3n) is 6.39. The number of para-hydroxylation sites is 2. The first-order valence-electron chi connectivity index (χ1n) is 13.0. The third kappa shape index (κ3) is 7.44. The molecule has 9 nitrogen and oxygen atoms in total. The van der Waals surface area contributed by atoms with E-state index in [4.69, 9.17) is 14.6 Å². The molecule has 2 heterocycles. The highest BCUT2D eigenvalue weighted by Gasteiger charge is 2.24. The largest absolute Gasteiger partial charge is 0.490 e. The Morgan fingerprint density at radius 2 is 1.84 bits per heavy atom. The molecule has 0 bridgehead atoms. The molecule has 4 rings (SSSR count). The first-order valence-corrected chi connectivity index (χ1v) is 13.0. The Balaban J connectivity index is 1.33. The Bertz CT molecular complexity index is 1230. The van der Waals surface area contributed by atoms with Crippen LogP contribution in [0.2, 0.25) is 0 Å². The molecule has 1 aromatic heterocycles. The maximum atomic E-state index is 12.7. The van der Waals surface area contributed by atoms with Crippen molar-refractivity contribution in [2.75, 3.05) is 29.9 Å². The lowest BCUT2D eigenvalue weighted by atomic mass is 9.99. The second-order valence-corrected chi connectivity index (χ2v) is 9.46. The van der Waals surface area contributed by atoms with Crippen LogP contribution in [0.3, 0.4) is 0 Å². The van der Waals surface area contributed by atoms with Crippen LogP contribution in [-0.2, 0) is 22.4 Å². The van der Waals surface area contributed by atoms with Gasteiger partial charge in [0.25, 0.3) is 0 Å². The fraction of sp³-hybridized carbons (Fsp3) is 0.379. The van der Waals surface area contributed by atoms with Crippen molar-refractivity contribution in [2.24, 2.45) is 5.92 Å². The number of hydrogen-bond donors (Lipinski definition) is 2. The number of carbonyl (C=O) groups is 2. The maximum absolute atomic E-state index is 12.7. The molecule has 0 aliphatic carbocycles. The van der Waals surface area contributed by atoms with Crippen molar-refractivity contribution in [3.8, 4) is 11.5 Å². The van der Waals surface area contributed by atoms with E-state index in [0.29, 0.717) is 31.2 Å². The Labute approximate surface area is 222 Å².